The lowest BCUT2D eigenvalue weighted by Crippen LogP contribution is -2.28. The summed E-state index contributed by atoms with van der Waals surface area (Å²) in [4.78, 5) is 6.85. The molecule has 0 atom stereocenters. The summed E-state index contributed by atoms with van der Waals surface area (Å²) in [6.07, 6.45) is 1.19. The smallest absolute Gasteiger partial charge is 0.255 e. The number of nitrogens with zero attached hydrogens (tertiary/aromatic N) is 5. The van der Waals surface area contributed by atoms with Gasteiger partial charge in [0.15, 0.2) is 5.82 Å². The Kier molecular flexibility index (Phi) is 3.44. The summed E-state index contributed by atoms with van der Waals surface area (Å²) in [5.41, 5.74) is 2.14. The zero-order valence-electron chi connectivity index (χ0n) is 11.6. The van der Waals surface area contributed by atoms with Gasteiger partial charge in [0.25, 0.3) is 5.78 Å². The second kappa shape index (κ2) is 5.22. The van der Waals surface area contributed by atoms with Gasteiger partial charge in [-0.2, -0.15) is 0 Å². The summed E-state index contributed by atoms with van der Waals surface area (Å²) >= 11 is 0. The average Bonchev–Trinajstić information content (AvgIpc) is 2.59. The molecule has 0 aromatic carbocycles. The van der Waals surface area contributed by atoms with Gasteiger partial charge in [-0.05, 0) is 39.4 Å². The van der Waals surface area contributed by atoms with Crippen molar-refractivity contribution in [1.29, 1.82) is 0 Å². The van der Waals surface area contributed by atoms with E-state index in [1.807, 2.05) is 6.92 Å². The minimum absolute atomic E-state index is 0.709. The van der Waals surface area contributed by atoms with Crippen molar-refractivity contribution in [3.63, 3.8) is 0 Å². The van der Waals surface area contributed by atoms with E-state index in [4.69, 9.17) is 0 Å². The molecule has 0 aliphatic carbocycles. The van der Waals surface area contributed by atoms with Crippen LogP contribution in [0.3, 0.4) is 0 Å². The summed E-state index contributed by atoms with van der Waals surface area (Å²) in [7, 11) is 0. The van der Waals surface area contributed by atoms with Gasteiger partial charge in [-0.25, -0.2) is 4.98 Å². The van der Waals surface area contributed by atoms with Gasteiger partial charge >= 0.3 is 0 Å². The third-order valence-corrected chi connectivity index (χ3v) is 3.56. The molecule has 0 radical (unpaired) electrons. The van der Waals surface area contributed by atoms with E-state index in [1.165, 1.54) is 6.42 Å². The topological polar surface area (TPSA) is 58.4 Å². The van der Waals surface area contributed by atoms with E-state index < -0.39 is 0 Å². The first-order chi connectivity index (χ1) is 9.24. The van der Waals surface area contributed by atoms with Crippen molar-refractivity contribution < 1.29 is 0 Å². The van der Waals surface area contributed by atoms with Crippen LogP contribution in [0.4, 0.5) is 0 Å². The van der Waals surface area contributed by atoms with Crippen LogP contribution in [0.1, 0.15) is 23.6 Å². The van der Waals surface area contributed by atoms with Crippen molar-refractivity contribution in [2.75, 3.05) is 26.2 Å². The molecular weight excluding hydrogens is 240 g/mol. The fourth-order valence-electron chi connectivity index (χ4n) is 2.66. The van der Waals surface area contributed by atoms with Gasteiger partial charge in [0, 0.05) is 24.5 Å². The highest BCUT2D eigenvalue weighted by molar-refractivity contribution is 5.32. The molecule has 3 heterocycles. The first-order valence-corrected chi connectivity index (χ1v) is 6.85. The molecule has 6 nitrogen and oxygen atoms in total. The Bertz CT molecular complexity index is 568. The highest BCUT2D eigenvalue weighted by Gasteiger charge is 2.14. The van der Waals surface area contributed by atoms with Crippen molar-refractivity contribution in [2.45, 2.75) is 26.8 Å². The second-order valence-corrected chi connectivity index (χ2v) is 5.17. The van der Waals surface area contributed by atoms with Crippen LogP contribution < -0.4 is 5.32 Å². The van der Waals surface area contributed by atoms with Crippen LogP contribution in [0.25, 0.3) is 5.78 Å². The fourth-order valence-corrected chi connectivity index (χ4v) is 2.66. The van der Waals surface area contributed by atoms with E-state index in [0.29, 0.717) is 5.78 Å². The molecule has 1 fully saturated rings. The molecule has 0 saturated carbocycles. The summed E-state index contributed by atoms with van der Waals surface area (Å²) in [6, 6.07) is 2.07. The Labute approximate surface area is 112 Å². The molecule has 3 rings (SSSR count). The lowest BCUT2D eigenvalue weighted by atomic mass is 10.3. The summed E-state index contributed by atoms with van der Waals surface area (Å²) in [5.74, 6) is 1.70. The zero-order chi connectivity index (χ0) is 13.2. The lowest BCUT2D eigenvalue weighted by molar-refractivity contribution is 0.276. The van der Waals surface area contributed by atoms with E-state index in [2.05, 4.69) is 42.8 Å². The molecule has 2 aromatic heterocycles. The summed E-state index contributed by atoms with van der Waals surface area (Å²) in [5, 5.41) is 11.9. The number of fused-ring (bicyclic) bond motifs is 1. The molecule has 0 unspecified atom stereocenters. The Balaban J connectivity index is 1.88. The number of aryl methyl sites for hydroxylation is 2. The first kappa shape index (κ1) is 12.5. The van der Waals surface area contributed by atoms with Crippen LogP contribution >= 0.6 is 0 Å². The van der Waals surface area contributed by atoms with Crippen LogP contribution in [0, 0.1) is 13.8 Å². The van der Waals surface area contributed by atoms with Crippen LogP contribution in [-0.4, -0.2) is 50.7 Å². The predicted molar refractivity (Wildman–Crippen MR) is 73.0 cm³/mol. The number of hydrogen-bond acceptors (Lipinski definition) is 5. The maximum absolute atomic E-state index is 4.43. The van der Waals surface area contributed by atoms with Gasteiger partial charge in [0.05, 0.1) is 6.54 Å². The zero-order valence-corrected chi connectivity index (χ0v) is 11.6. The SMILES string of the molecule is Cc1cc(C)n2c(CN3CCCNCC3)nnc2n1. The maximum Gasteiger partial charge on any atom is 0.255 e. The van der Waals surface area contributed by atoms with Crippen molar-refractivity contribution in [3.05, 3.63) is 23.3 Å². The average molecular weight is 260 g/mol. The molecule has 1 aliphatic rings. The Morgan fingerprint density at radius 1 is 1.21 bits per heavy atom. The van der Waals surface area contributed by atoms with E-state index in [0.717, 1.165) is 49.9 Å². The third kappa shape index (κ3) is 2.59. The van der Waals surface area contributed by atoms with Gasteiger partial charge in [-0.1, -0.05) is 0 Å². The van der Waals surface area contributed by atoms with E-state index in [-0.39, 0.29) is 0 Å². The van der Waals surface area contributed by atoms with Crippen LogP contribution in [0.5, 0.6) is 0 Å². The molecule has 19 heavy (non-hydrogen) atoms. The standard InChI is InChI=1S/C13H20N6/c1-10-8-11(2)19-12(16-17-13(19)15-10)9-18-6-3-4-14-5-7-18/h8,14H,3-7,9H2,1-2H3. The number of rotatable bonds is 2. The minimum atomic E-state index is 0.709. The molecule has 0 amide bonds. The normalized spacial score (nSPS) is 17.8. The molecule has 1 aliphatic heterocycles. The van der Waals surface area contributed by atoms with Crippen molar-refractivity contribution in [2.24, 2.45) is 0 Å². The first-order valence-electron chi connectivity index (χ1n) is 6.85. The van der Waals surface area contributed by atoms with E-state index in [9.17, 15) is 0 Å². The van der Waals surface area contributed by atoms with Gasteiger partial charge in [0.2, 0.25) is 0 Å². The molecule has 0 bridgehead atoms. The Hall–Kier alpha value is -1.53. The quantitative estimate of drug-likeness (QED) is 0.854. The molecule has 1 saturated heterocycles. The molecule has 102 valence electrons. The molecule has 2 aromatic rings. The summed E-state index contributed by atoms with van der Waals surface area (Å²) < 4.78 is 2.06. The minimum Gasteiger partial charge on any atom is -0.315 e. The highest BCUT2D eigenvalue weighted by atomic mass is 15.3. The van der Waals surface area contributed by atoms with Gasteiger partial charge in [0.1, 0.15) is 0 Å². The summed E-state index contributed by atoms with van der Waals surface area (Å²) in [6.45, 7) is 9.24. The van der Waals surface area contributed by atoms with Gasteiger partial charge in [-0.15, -0.1) is 10.2 Å². The molecular formula is C13H20N6. The molecule has 6 heteroatoms. The monoisotopic (exact) mass is 260 g/mol. The van der Waals surface area contributed by atoms with Crippen molar-refractivity contribution >= 4 is 5.78 Å². The Morgan fingerprint density at radius 3 is 3.00 bits per heavy atom. The Morgan fingerprint density at radius 2 is 2.11 bits per heavy atom. The number of aromatic nitrogens is 4. The van der Waals surface area contributed by atoms with Gasteiger partial charge in [-0.3, -0.25) is 9.30 Å². The van der Waals surface area contributed by atoms with Crippen molar-refractivity contribution in [1.82, 2.24) is 29.8 Å². The highest BCUT2D eigenvalue weighted by Crippen LogP contribution is 2.10. The number of nitrogens with one attached hydrogen (secondary N) is 1. The van der Waals surface area contributed by atoms with Gasteiger partial charge < -0.3 is 5.32 Å². The van der Waals surface area contributed by atoms with Crippen LogP contribution in [0.2, 0.25) is 0 Å². The second-order valence-electron chi connectivity index (χ2n) is 5.17. The van der Waals surface area contributed by atoms with Crippen LogP contribution in [0.15, 0.2) is 6.07 Å². The largest absolute Gasteiger partial charge is 0.315 e. The predicted octanol–water partition coefficient (Wildman–Crippen LogP) is 0.536. The maximum atomic E-state index is 4.43. The molecule has 1 N–H and O–H groups in total. The third-order valence-electron chi connectivity index (χ3n) is 3.56. The van der Waals surface area contributed by atoms with E-state index in [1.54, 1.807) is 0 Å². The molecule has 0 spiro atoms. The fraction of sp³-hybridized carbons (Fsp3) is 0.615. The van der Waals surface area contributed by atoms with Crippen molar-refractivity contribution in [3.8, 4) is 0 Å². The lowest BCUT2D eigenvalue weighted by Gasteiger charge is -2.18. The number of hydrogen-bond donors (Lipinski definition) is 1. The van der Waals surface area contributed by atoms with Crippen LogP contribution in [-0.2, 0) is 6.54 Å². The van der Waals surface area contributed by atoms with E-state index >= 15 is 0 Å².